The molecule has 2 heterocycles. The molecule has 1 aromatic rings. The number of hydrogen-bond donors (Lipinski definition) is 1. The summed E-state index contributed by atoms with van der Waals surface area (Å²) in [6, 6.07) is 0.835. The third kappa shape index (κ3) is 3.11. The molecule has 2 unspecified atom stereocenters. The molecule has 0 saturated carbocycles. The monoisotopic (exact) mass is 268 g/mol. The van der Waals surface area contributed by atoms with E-state index in [2.05, 4.69) is 33.0 Å². The van der Waals surface area contributed by atoms with Crippen LogP contribution in [-0.4, -0.2) is 24.2 Å². The van der Waals surface area contributed by atoms with E-state index in [4.69, 9.17) is 9.72 Å². The second kappa shape index (κ2) is 6.13. The van der Waals surface area contributed by atoms with E-state index in [-0.39, 0.29) is 0 Å². The van der Waals surface area contributed by atoms with Gasteiger partial charge in [0.1, 0.15) is 5.01 Å². The zero-order valence-electron chi connectivity index (χ0n) is 11.8. The second-order valence-electron chi connectivity index (χ2n) is 5.33. The average Bonchev–Trinajstić information content (AvgIpc) is 2.94. The van der Waals surface area contributed by atoms with Gasteiger partial charge in [-0.3, -0.25) is 0 Å². The first-order valence-corrected chi connectivity index (χ1v) is 7.73. The molecule has 1 aliphatic rings. The summed E-state index contributed by atoms with van der Waals surface area (Å²) in [5.41, 5.74) is 1.25. The van der Waals surface area contributed by atoms with Crippen LogP contribution in [0.15, 0.2) is 0 Å². The molecule has 1 saturated heterocycles. The minimum Gasteiger partial charge on any atom is -0.381 e. The molecular formula is C14H24N2OS. The highest BCUT2D eigenvalue weighted by molar-refractivity contribution is 7.11. The van der Waals surface area contributed by atoms with Gasteiger partial charge >= 0.3 is 0 Å². The second-order valence-corrected chi connectivity index (χ2v) is 6.57. The maximum atomic E-state index is 5.54. The first-order valence-electron chi connectivity index (χ1n) is 6.91. The summed E-state index contributed by atoms with van der Waals surface area (Å²) in [5, 5.41) is 4.91. The number of nitrogens with one attached hydrogen (secondary N) is 1. The van der Waals surface area contributed by atoms with Crippen molar-refractivity contribution in [2.45, 2.75) is 52.6 Å². The van der Waals surface area contributed by atoms with Gasteiger partial charge in [-0.15, -0.1) is 11.3 Å². The molecule has 0 bridgehead atoms. The van der Waals surface area contributed by atoms with Crippen LogP contribution in [0.25, 0.3) is 0 Å². The zero-order chi connectivity index (χ0) is 13.1. The summed E-state index contributed by atoms with van der Waals surface area (Å²) in [4.78, 5) is 6.19. The number of aromatic nitrogens is 1. The Kier molecular flexibility index (Phi) is 4.76. The van der Waals surface area contributed by atoms with Gasteiger partial charge in [-0.2, -0.15) is 0 Å². The lowest BCUT2D eigenvalue weighted by Crippen LogP contribution is -2.33. The molecule has 3 nitrogen and oxygen atoms in total. The van der Waals surface area contributed by atoms with Gasteiger partial charge in [0.15, 0.2) is 0 Å². The van der Waals surface area contributed by atoms with Gasteiger partial charge in [0.2, 0.25) is 0 Å². The number of ether oxygens (including phenoxy) is 1. The summed E-state index contributed by atoms with van der Waals surface area (Å²) in [7, 11) is 0. The van der Waals surface area contributed by atoms with Crippen LogP contribution >= 0.6 is 11.3 Å². The number of rotatable bonds is 5. The van der Waals surface area contributed by atoms with E-state index in [1.807, 2.05) is 11.3 Å². The molecule has 18 heavy (non-hydrogen) atoms. The summed E-state index contributed by atoms with van der Waals surface area (Å²) in [5.74, 6) is 0.572. The third-order valence-electron chi connectivity index (χ3n) is 3.46. The van der Waals surface area contributed by atoms with Crippen LogP contribution < -0.4 is 5.32 Å². The van der Waals surface area contributed by atoms with E-state index in [0.29, 0.717) is 18.0 Å². The Labute approximate surface area is 114 Å². The highest BCUT2D eigenvalue weighted by Crippen LogP contribution is 2.33. The smallest absolute Gasteiger partial charge is 0.110 e. The molecule has 0 amide bonds. The predicted molar refractivity (Wildman–Crippen MR) is 76.2 cm³/mol. The van der Waals surface area contributed by atoms with Crippen molar-refractivity contribution in [1.82, 2.24) is 10.3 Å². The van der Waals surface area contributed by atoms with E-state index >= 15 is 0 Å². The van der Waals surface area contributed by atoms with Crippen LogP contribution in [0.4, 0.5) is 0 Å². The van der Waals surface area contributed by atoms with Crippen molar-refractivity contribution < 1.29 is 4.74 Å². The van der Waals surface area contributed by atoms with E-state index < -0.39 is 0 Å². The largest absolute Gasteiger partial charge is 0.381 e. The van der Waals surface area contributed by atoms with Gasteiger partial charge < -0.3 is 10.1 Å². The van der Waals surface area contributed by atoms with E-state index in [1.54, 1.807) is 0 Å². The number of nitrogens with zero attached hydrogens (tertiary/aromatic N) is 1. The normalized spacial score (nSPS) is 21.7. The molecule has 4 heteroatoms. The molecule has 0 aliphatic carbocycles. The molecule has 1 fully saturated rings. The fraction of sp³-hybridized carbons (Fsp3) is 0.786. The van der Waals surface area contributed by atoms with Crippen molar-refractivity contribution >= 4 is 11.3 Å². The molecule has 0 radical (unpaired) electrons. The first-order chi connectivity index (χ1) is 8.61. The summed E-state index contributed by atoms with van der Waals surface area (Å²) in [6.07, 6.45) is 2.17. The molecule has 2 rings (SSSR count). The van der Waals surface area contributed by atoms with Crippen LogP contribution in [0.3, 0.4) is 0 Å². The van der Waals surface area contributed by atoms with Crippen molar-refractivity contribution in [3.8, 4) is 0 Å². The maximum absolute atomic E-state index is 5.54. The fourth-order valence-electron chi connectivity index (χ4n) is 2.50. The number of hydrogen-bond acceptors (Lipinski definition) is 4. The third-order valence-corrected chi connectivity index (χ3v) is 4.56. The SMILES string of the molecule is CCc1nc(C(NC(C)C)C2CCOC2)sc1C. The predicted octanol–water partition coefficient (Wildman–Crippen LogP) is 3.09. The Bertz CT molecular complexity index is 383. The fourth-order valence-corrected chi connectivity index (χ4v) is 3.66. The van der Waals surface area contributed by atoms with Gasteiger partial charge in [-0.05, 0) is 19.8 Å². The van der Waals surface area contributed by atoms with Crippen molar-refractivity contribution in [3.05, 3.63) is 15.6 Å². The topological polar surface area (TPSA) is 34.2 Å². The summed E-state index contributed by atoms with van der Waals surface area (Å²) < 4.78 is 5.54. The molecule has 1 aromatic heterocycles. The molecule has 0 aromatic carbocycles. The van der Waals surface area contributed by atoms with Gasteiger partial charge in [-0.25, -0.2) is 4.98 Å². The van der Waals surface area contributed by atoms with Gasteiger partial charge in [0.05, 0.1) is 18.3 Å². The van der Waals surface area contributed by atoms with Gasteiger partial charge in [-0.1, -0.05) is 20.8 Å². The molecule has 2 atom stereocenters. The molecule has 102 valence electrons. The Balaban J connectivity index is 2.20. The van der Waals surface area contributed by atoms with E-state index in [0.717, 1.165) is 26.1 Å². The van der Waals surface area contributed by atoms with Crippen molar-refractivity contribution in [1.29, 1.82) is 0 Å². The summed E-state index contributed by atoms with van der Waals surface area (Å²) >= 11 is 1.85. The first kappa shape index (κ1) is 14.0. The highest BCUT2D eigenvalue weighted by Gasteiger charge is 2.30. The van der Waals surface area contributed by atoms with Crippen LogP contribution in [0.2, 0.25) is 0 Å². The van der Waals surface area contributed by atoms with Crippen molar-refractivity contribution in [2.24, 2.45) is 5.92 Å². The average molecular weight is 268 g/mol. The molecule has 1 aliphatic heterocycles. The number of aryl methyl sites for hydroxylation is 2. The lowest BCUT2D eigenvalue weighted by atomic mass is 9.99. The van der Waals surface area contributed by atoms with Gasteiger partial charge in [0, 0.05) is 23.4 Å². The standard InChI is InChI=1S/C14H24N2OS/c1-5-12-10(4)18-14(16-12)13(15-9(2)3)11-6-7-17-8-11/h9,11,13,15H,5-8H2,1-4H3. The van der Waals surface area contributed by atoms with Crippen LogP contribution in [-0.2, 0) is 11.2 Å². The number of thiazole rings is 1. The summed E-state index contributed by atoms with van der Waals surface area (Å²) in [6.45, 7) is 10.5. The lowest BCUT2D eigenvalue weighted by molar-refractivity contribution is 0.175. The van der Waals surface area contributed by atoms with Crippen LogP contribution in [0.5, 0.6) is 0 Å². The Hall–Kier alpha value is -0.450. The van der Waals surface area contributed by atoms with E-state index in [1.165, 1.54) is 15.6 Å². The Morgan fingerprint density at radius 2 is 2.28 bits per heavy atom. The minimum absolute atomic E-state index is 0.358. The van der Waals surface area contributed by atoms with Crippen LogP contribution in [0.1, 0.15) is 48.8 Å². The Morgan fingerprint density at radius 1 is 1.50 bits per heavy atom. The van der Waals surface area contributed by atoms with Crippen LogP contribution in [0, 0.1) is 12.8 Å². The highest BCUT2D eigenvalue weighted by atomic mass is 32.1. The van der Waals surface area contributed by atoms with Gasteiger partial charge in [0.25, 0.3) is 0 Å². The van der Waals surface area contributed by atoms with Crippen molar-refractivity contribution in [2.75, 3.05) is 13.2 Å². The van der Waals surface area contributed by atoms with Crippen molar-refractivity contribution in [3.63, 3.8) is 0 Å². The minimum atomic E-state index is 0.358. The molecular weight excluding hydrogens is 244 g/mol. The maximum Gasteiger partial charge on any atom is 0.110 e. The Morgan fingerprint density at radius 3 is 2.78 bits per heavy atom. The molecule has 0 spiro atoms. The molecule has 1 N–H and O–H groups in total. The quantitative estimate of drug-likeness (QED) is 0.891. The zero-order valence-corrected chi connectivity index (χ0v) is 12.6. The van der Waals surface area contributed by atoms with E-state index in [9.17, 15) is 0 Å². The lowest BCUT2D eigenvalue weighted by Gasteiger charge is -2.24.